The topological polar surface area (TPSA) is 61.9 Å². The van der Waals surface area contributed by atoms with Gasteiger partial charge in [-0.3, -0.25) is 14.5 Å². The summed E-state index contributed by atoms with van der Waals surface area (Å²) < 4.78 is 4.78. The molecule has 0 aromatic carbocycles. The maximum Gasteiger partial charge on any atom is 0.308 e. The highest BCUT2D eigenvalue weighted by Crippen LogP contribution is 2.19. The Hall–Kier alpha value is -1.14. The molecule has 0 radical (unpaired) electrons. The molecule has 0 aromatic heterocycles. The van der Waals surface area contributed by atoms with Crippen molar-refractivity contribution in [2.75, 3.05) is 46.4 Å². The summed E-state index contributed by atoms with van der Waals surface area (Å²) in [6.45, 7) is 6.92. The average molecular weight is 297 g/mol. The minimum atomic E-state index is -0.143. The first-order valence-corrected chi connectivity index (χ1v) is 7.96. The van der Waals surface area contributed by atoms with E-state index >= 15 is 0 Å². The van der Waals surface area contributed by atoms with Crippen LogP contribution in [-0.2, 0) is 14.3 Å². The van der Waals surface area contributed by atoms with E-state index in [0.717, 1.165) is 38.9 Å². The van der Waals surface area contributed by atoms with Gasteiger partial charge in [-0.1, -0.05) is 6.92 Å². The Morgan fingerprint density at radius 2 is 1.95 bits per heavy atom. The van der Waals surface area contributed by atoms with E-state index in [4.69, 9.17) is 4.74 Å². The molecule has 0 bridgehead atoms. The summed E-state index contributed by atoms with van der Waals surface area (Å²) in [5.74, 6) is 0.00976. The molecule has 0 saturated carbocycles. The van der Waals surface area contributed by atoms with Crippen LogP contribution in [-0.4, -0.2) is 74.1 Å². The van der Waals surface area contributed by atoms with Crippen LogP contribution >= 0.6 is 0 Å². The highest BCUT2D eigenvalue weighted by molar-refractivity contribution is 5.79. The van der Waals surface area contributed by atoms with Gasteiger partial charge in [-0.25, -0.2) is 0 Å². The molecule has 21 heavy (non-hydrogen) atoms. The molecule has 2 aliphatic rings. The van der Waals surface area contributed by atoms with Gasteiger partial charge < -0.3 is 15.0 Å². The molecule has 0 aliphatic carbocycles. The predicted octanol–water partition coefficient (Wildman–Crippen LogP) is 0.0818. The number of hydrogen-bond donors (Lipinski definition) is 1. The second-order valence-electron chi connectivity index (χ2n) is 5.96. The third kappa shape index (κ3) is 4.17. The van der Waals surface area contributed by atoms with Gasteiger partial charge >= 0.3 is 5.97 Å². The molecule has 0 aromatic rings. The number of rotatable bonds is 6. The van der Waals surface area contributed by atoms with Crippen molar-refractivity contribution in [2.45, 2.75) is 32.2 Å². The van der Waals surface area contributed by atoms with Crippen LogP contribution in [0.5, 0.6) is 0 Å². The number of amides is 1. The molecule has 1 N–H and O–H groups in total. The molecule has 0 unspecified atom stereocenters. The van der Waals surface area contributed by atoms with Gasteiger partial charge in [0.25, 0.3) is 0 Å². The van der Waals surface area contributed by atoms with Crippen LogP contribution < -0.4 is 5.32 Å². The number of nitrogens with one attached hydrogen (secondary N) is 1. The molecule has 0 spiro atoms. The molecule has 1 amide bonds. The van der Waals surface area contributed by atoms with Crippen molar-refractivity contribution in [3.63, 3.8) is 0 Å². The quantitative estimate of drug-likeness (QED) is 0.704. The Bertz CT molecular complexity index is 363. The maximum atomic E-state index is 12.4. The smallest absolute Gasteiger partial charge is 0.308 e. The second-order valence-corrected chi connectivity index (χ2v) is 5.96. The Morgan fingerprint density at radius 1 is 1.29 bits per heavy atom. The first kappa shape index (κ1) is 16.2. The van der Waals surface area contributed by atoms with Gasteiger partial charge in [0.15, 0.2) is 0 Å². The van der Waals surface area contributed by atoms with Crippen molar-refractivity contribution in [3.05, 3.63) is 0 Å². The predicted molar refractivity (Wildman–Crippen MR) is 79.8 cm³/mol. The summed E-state index contributed by atoms with van der Waals surface area (Å²) in [5, 5.41) is 3.26. The van der Waals surface area contributed by atoms with E-state index in [1.165, 1.54) is 7.11 Å². The summed E-state index contributed by atoms with van der Waals surface area (Å²) in [6, 6.07) is 0.501. The fourth-order valence-electron chi connectivity index (χ4n) is 3.01. The molecular weight excluding hydrogens is 270 g/mol. The normalized spacial score (nSPS) is 20.4. The van der Waals surface area contributed by atoms with Crippen LogP contribution in [0.15, 0.2) is 0 Å². The summed E-state index contributed by atoms with van der Waals surface area (Å²) >= 11 is 0. The molecule has 6 nitrogen and oxygen atoms in total. The van der Waals surface area contributed by atoms with Crippen LogP contribution in [0.4, 0.5) is 0 Å². The van der Waals surface area contributed by atoms with E-state index in [0.29, 0.717) is 25.7 Å². The van der Waals surface area contributed by atoms with Crippen molar-refractivity contribution in [2.24, 2.45) is 5.92 Å². The molecule has 120 valence electrons. The zero-order valence-corrected chi connectivity index (χ0v) is 13.1. The SMILES string of the molecule is CCCN(CC(=O)N1CCC(C(=O)OC)CC1)C1CNC1. The summed E-state index contributed by atoms with van der Waals surface area (Å²) in [4.78, 5) is 28.1. The Balaban J connectivity index is 1.79. The minimum Gasteiger partial charge on any atom is -0.469 e. The number of esters is 1. The number of carbonyl (C=O) groups is 2. The van der Waals surface area contributed by atoms with Gasteiger partial charge in [0.2, 0.25) is 5.91 Å². The average Bonchev–Trinajstić information content (AvgIpc) is 2.45. The van der Waals surface area contributed by atoms with Crippen molar-refractivity contribution >= 4 is 11.9 Å². The molecule has 2 rings (SSSR count). The molecule has 2 heterocycles. The fourth-order valence-corrected chi connectivity index (χ4v) is 3.01. The van der Waals surface area contributed by atoms with E-state index in [9.17, 15) is 9.59 Å². The van der Waals surface area contributed by atoms with E-state index in [1.54, 1.807) is 0 Å². The number of methoxy groups -OCH3 is 1. The number of carbonyl (C=O) groups excluding carboxylic acids is 2. The van der Waals surface area contributed by atoms with E-state index < -0.39 is 0 Å². The van der Waals surface area contributed by atoms with E-state index in [-0.39, 0.29) is 17.8 Å². The van der Waals surface area contributed by atoms with Gasteiger partial charge in [-0.2, -0.15) is 0 Å². The molecule has 2 fully saturated rings. The summed E-state index contributed by atoms with van der Waals surface area (Å²) in [6.07, 6.45) is 2.50. The molecular formula is C15H27N3O3. The zero-order valence-electron chi connectivity index (χ0n) is 13.1. The summed E-state index contributed by atoms with van der Waals surface area (Å²) in [7, 11) is 1.43. The van der Waals surface area contributed by atoms with Crippen molar-refractivity contribution < 1.29 is 14.3 Å². The van der Waals surface area contributed by atoms with Crippen LogP contribution in [0.25, 0.3) is 0 Å². The standard InChI is InChI=1S/C15H27N3O3/c1-3-6-18(13-9-16-10-13)11-14(19)17-7-4-12(5-8-17)15(20)21-2/h12-13,16H,3-11H2,1-2H3. The molecule has 6 heteroatoms. The lowest BCUT2D eigenvalue weighted by Gasteiger charge is -2.39. The first-order chi connectivity index (χ1) is 10.2. The van der Waals surface area contributed by atoms with Crippen LogP contribution in [0.2, 0.25) is 0 Å². The highest BCUT2D eigenvalue weighted by Gasteiger charge is 2.30. The molecule has 2 aliphatic heterocycles. The van der Waals surface area contributed by atoms with Crippen molar-refractivity contribution in [1.82, 2.24) is 15.1 Å². The van der Waals surface area contributed by atoms with E-state index in [2.05, 4.69) is 17.1 Å². The summed E-state index contributed by atoms with van der Waals surface area (Å²) in [5.41, 5.74) is 0. The Kier molecular flexibility index (Phi) is 5.99. The third-order valence-electron chi connectivity index (χ3n) is 4.51. The van der Waals surface area contributed by atoms with Crippen LogP contribution in [0.3, 0.4) is 0 Å². The maximum absolute atomic E-state index is 12.4. The fraction of sp³-hybridized carbons (Fsp3) is 0.867. The first-order valence-electron chi connectivity index (χ1n) is 7.96. The Morgan fingerprint density at radius 3 is 2.43 bits per heavy atom. The minimum absolute atomic E-state index is 0.0402. The van der Waals surface area contributed by atoms with Gasteiger partial charge in [0.05, 0.1) is 19.6 Å². The van der Waals surface area contributed by atoms with Gasteiger partial charge in [0, 0.05) is 32.2 Å². The van der Waals surface area contributed by atoms with Crippen LogP contribution in [0, 0.1) is 5.92 Å². The number of nitrogens with zero attached hydrogens (tertiary/aromatic N) is 2. The number of piperidine rings is 1. The lowest BCUT2D eigenvalue weighted by Crippen LogP contribution is -2.59. The monoisotopic (exact) mass is 297 g/mol. The van der Waals surface area contributed by atoms with Gasteiger partial charge in [-0.15, -0.1) is 0 Å². The molecule has 2 saturated heterocycles. The second kappa shape index (κ2) is 7.75. The number of likely N-dealkylation sites (tertiary alicyclic amines) is 1. The van der Waals surface area contributed by atoms with Gasteiger partial charge in [-0.05, 0) is 25.8 Å². The lowest BCUT2D eigenvalue weighted by atomic mass is 9.97. The number of hydrogen-bond acceptors (Lipinski definition) is 5. The van der Waals surface area contributed by atoms with Gasteiger partial charge in [0.1, 0.15) is 0 Å². The van der Waals surface area contributed by atoms with E-state index in [1.807, 2.05) is 4.90 Å². The molecule has 0 atom stereocenters. The van der Waals surface area contributed by atoms with Crippen LogP contribution in [0.1, 0.15) is 26.2 Å². The van der Waals surface area contributed by atoms with Crippen molar-refractivity contribution in [1.29, 1.82) is 0 Å². The Labute approximate surface area is 126 Å². The zero-order chi connectivity index (χ0) is 15.2. The number of ether oxygens (including phenoxy) is 1. The largest absolute Gasteiger partial charge is 0.469 e. The lowest BCUT2D eigenvalue weighted by molar-refractivity contribution is -0.149. The third-order valence-corrected chi connectivity index (χ3v) is 4.51. The van der Waals surface area contributed by atoms with Crippen molar-refractivity contribution in [3.8, 4) is 0 Å². The highest BCUT2D eigenvalue weighted by atomic mass is 16.5.